The molecule has 0 aliphatic carbocycles. The van der Waals surface area contributed by atoms with Crippen LogP contribution < -0.4 is 10.6 Å². The fourth-order valence-electron chi connectivity index (χ4n) is 2.27. The largest absolute Gasteiger partial charge is 0.399 e. The monoisotopic (exact) mass is 299 g/mol. The Balaban J connectivity index is 3.46. The van der Waals surface area contributed by atoms with Crippen molar-refractivity contribution in [1.82, 2.24) is 4.31 Å². The van der Waals surface area contributed by atoms with E-state index in [1.54, 1.807) is 18.2 Å². The van der Waals surface area contributed by atoms with Gasteiger partial charge in [-0.15, -0.1) is 0 Å². The van der Waals surface area contributed by atoms with Crippen LogP contribution in [0.5, 0.6) is 0 Å². The van der Waals surface area contributed by atoms with Crippen molar-refractivity contribution in [2.75, 3.05) is 36.8 Å². The zero-order chi connectivity index (χ0) is 15.3. The Labute approximate surface area is 122 Å². The Bertz CT molecular complexity index is 535. The third-order valence-electron chi connectivity index (χ3n) is 3.41. The summed E-state index contributed by atoms with van der Waals surface area (Å²) in [6, 6.07) is 5.09. The minimum atomic E-state index is -3.51. The highest BCUT2D eigenvalue weighted by Crippen LogP contribution is 2.29. The topological polar surface area (TPSA) is 66.6 Å². The Kier molecular flexibility index (Phi) is 5.83. The molecule has 20 heavy (non-hydrogen) atoms. The number of nitrogens with two attached hydrogens (primary N) is 1. The summed E-state index contributed by atoms with van der Waals surface area (Å²) in [6.07, 6.45) is 0. The summed E-state index contributed by atoms with van der Waals surface area (Å²) in [4.78, 5) is 2.32. The van der Waals surface area contributed by atoms with Gasteiger partial charge in [0.05, 0.1) is 5.69 Å². The van der Waals surface area contributed by atoms with Gasteiger partial charge in [-0.25, -0.2) is 8.42 Å². The minimum absolute atomic E-state index is 0.296. The van der Waals surface area contributed by atoms with Crippen LogP contribution in [0.15, 0.2) is 23.1 Å². The predicted octanol–water partition coefficient (Wildman–Crippen LogP) is 2.15. The highest BCUT2D eigenvalue weighted by atomic mass is 32.2. The van der Waals surface area contributed by atoms with E-state index >= 15 is 0 Å². The quantitative estimate of drug-likeness (QED) is 0.783. The average Bonchev–Trinajstić information content (AvgIpc) is 2.42. The van der Waals surface area contributed by atoms with Crippen molar-refractivity contribution in [1.29, 1.82) is 0 Å². The van der Waals surface area contributed by atoms with E-state index in [2.05, 4.69) is 0 Å². The highest BCUT2D eigenvalue weighted by Gasteiger charge is 2.26. The molecule has 0 fully saturated rings. The SMILES string of the molecule is CCN(CC)c1ccc(N)cc1S(=O)(=O)N(CC)CC. The molecule has 0 amide bonds. The molecule has 1 aromatic rings. The summed E-state index contributed by atoms with van der Waals surface area (Å²) in [7, 11) is -3.51. The number of sulfonamides is 1. The normalized spacial score (nSPS) is 11.8. The molecule has 5 nitrogen and oxygen atoms in total. The van der Waals surface area contributed by atoms with Crippen molar-refractivity contribution in [3.63, 3.8) is 0 Å². The Morgan fingerprint density at radius 1 is 1.00 bits per heavy atom. The number of hydrogen-bond acceptors (Lipinski definition) is 4. The van der Waals surface area contributed by atoms with Crippen LogP contribution in [0.4, 0.5) is 11.4 Å². The summed E-state index contributed by atoms with van der Waals surface area (Å²) in [5, 5.41) is 0. The Hall–Kier alpha value is -1.27. The summed E-state index contributed by atoms with van der Waals surface area (Å²) in [6.45, 7) is 10.1. The molecular weight excluding hydrogens is 274 g/mol. The van der Waals surface area contributed by atoms with Crippen LogP contribution in [-0.4, -0.2) is 38.9 Å². The van der Waals surface area contributed by atoms with Gasteiger partial charge in [0, 0.05) is 31.9 Å². The molecule has 114 valence electrons. The molecule has 0 radical (unpaired) electrons. The van der Waals surface area contributed by atoms with Crippen molar-refractivity contribution in [2.45, 2.75) is 32.6 Å². The van der Waals surface area contributed by atoms with Gasteiger partial charge in [0.25, 0.3) is 0 Å². The van der Waals surface area contributed by atoms with E-state index in [9.17, 15) is 8.42 Å². The maximum absolute atomic E-state index is 12.7. The van der Waals surface area contributed by atoms with Crippen molar-refractivity contribution in [2.24, 2.45) is 0 Å². The zero-order valence-corrected chi connectivity index (χ0v) is 13.6. The van der Waals surface area contributed by atoms with E-state index in [0.717, 1.165) is 18.8 Å². The lowest BCUT2D eigenvalue weighted by molar-refractivity contribution is 0.445. The molecule has 0 saturated heterocycles. The van der Waals surface area contributed by atoms with E-state index in [1.165, 1.54) is 4.31 Å². The average molecular weight is 299 g/mol. The number of hydrogen-bond donors (Lipinski definition) is 1. The smallest absolute Gasteiger partial charge is 0.245 e. The highest BCUT2D eigenvalue weighted by molar-refractivity contribution is 7.89. The van der Waals surface area contributed by atoms with Crippen LogP contribution in [-0.2, 0) is 10.0 Å². The molecule has 0 atom stereocenters. The number of nitrogen functional groups attached to an aromatic ring is 1. The van der Waals surface area contributed by atoms with Gasteiger partial charge in [-0.1, -0.05) is 13.8 Å². The predicted molar refractivity (Wildman–Crippen MR) is 84.5 cm³/mol. The lowest BCUT2D eigenvalue weighted by atomic mass is 10.2. The number of benzene rings is 1. The molecule has 0 heterocycles. The molecule has 6 heteroatoms. The molecule has 1 aromatic carbocycles. The van der Waals surface area contributed by atoms with Crippen LogP contribution in [0.2, 0.25) is 0 Å². The van der Waals surface area contributed by atoms with Crippen LogP contribution in [0.1, 0.15) is 27.7 Å². The van der Waals surface area contributed by atoms with Crippen LogP contribution in [0.3, 0.4) is 0 Å². The fraction of sp³-hybridized carbons (Fsp3) is 0.571. The number of anilines is 2. The second kappa shape index (κ2) is 6.95. The molecule has 2 N–H and O–H groups in total. The summed E-state index contributed by atoms with van der Waals surface area (Å²) in [5.74, 6) is 0. The van der Waals surface area contributed by atoms with Gasteiger partial charge >= 0.3 is 0 Å². The van der Waals surface area contributed by atoms with Crippen LogP contribution in [0.25, 0.3) is 0 Å². The molecule has 0 saturated carbocycles. The van der Waals surface area contributed by atoms with E-state index in [1.807, 2.05) is 32.6 Å². The summed E-state index contributed by atoms with van der Waals surface area (Å²) < 4.78 is 26.9. The Morgan fingerprint density at radius 3 is 2.00 bits per heavy atom. The Morgan fingerprint density at radius 2 is 1.55 bits per heavy atom. The van der Waals surface area contributed by atoms with Crippen molar-refractivity contribution < 1.29 is 8.42 Å². The van der Waals surface area contributed by atoms with Gasteiger partial charge < -0.3 is 10.6 Å². The molecular formula is C14H25N3O2S. The zero-order valence-electron chi connectivity index (χ0n) is 12.8. The molecule has 0 spiro atoms. The van der Waals surface area contributed by atoms with E-state index in [-0.39, 0.29) is 0 Å². The van der Waals surface area contributed by atoms with E-state index < -0.39 is 10.0 Å². The standard InChI is InChI=1S/C14H25N3O2S/c1-5-16(6-2)13-10-9-12(15)11-14(13)20(18,19)17(7-3)8-4/h9-11H,5-8,15H2,1-4H3. The van der Waals surface area contributed by atoms with Crippen LogP contribution in [0, 0.1) is 0 Å². The first-order valence-corrected chi connectivity index (χ1v) is 8.50. The van der Waals surface area contributed by atoms with Crippen molar-refractivity contribution >= 4 is 21.4 Å². The van der Waals surface area contributed by atoms with E-state index in [4.69, 9.17) is 5.73 Å². The van der Waals surface area contributed by atoms with Gasteiger partial charge in [0.1, 0.15) is 4.90 Å². The lowest BCUT2D eigenvalue weighted by Gasteiger charge is -2.27. The first kappa shape index (κ1) is 16.8. The van der Waals surface area contributed by atoms with E-state index in [0.29, 0.717) is 23.7 Å². The molecule has 0 aromatic heterocycles. The molecule has 0 bridgehead atoms. The van der Waals surface area contributed by atoms with Gasteiger partial charge in [0.2, 0.25) is 10.0 Å². The first-order chi connectivity index (χ1) is 9.42. The molecule has 1 rings (SSSR count). The minimum Gasteiger partial charge on any atom is -0.399 e. The fourth-order valence-corrected chi connectivity index (χ4v) is 3.97. The van der Waals surface area contributed by atoms with Gasteiger partial charge in [-0.2, -0.15) is 4.31 Å². The molecule has 0 aliphatic rings. The molecule has 0 aliphatic heterocycles. The second-order valence-corrected chi connectivity index (χ2v) is 6.40. The lowest BCUT2D eigenvalue weighted by Crippen LogP contribution is -2.33. The summed E-state index contributed by atoms with van der Waals surface area (Å²) >= 11 is 0. The number of rotatable bonds is 7. The maximum atomic E-state index is 12.7. The second-order valence-electron chi connectivity index (χ2n) is 4.49. The maximum Gasteiger partial charge on any atom is 0.245 e. The van der Waals surface area contributed by atoms with Gasteiger partial charge in [0.15, 0.2) is 0 Å². The number of nitrogens with zero attached hydrogens (tertiary/aromatic N) is 2. The molecule has 0 unspecified atom stereocenters. The van der Waals surface area contributed by atoms with Crippen molar-refractivity contribution in [3.05, 3.63) is 18.2 Å². The van der Waals surface area contributed by atoms with Crippen molar-refractivity contribution in [3.8, 4) is 0 Å². The van der Waals surface area contributed by atoms with Gasteiger partial charge in [-0.05, 0) is 32.0 Å². The van der Waals surface area contributed by atoms with Crippen LogP contribution >= 0.6 is 0 Å². The first-order valence-electron chi connectivity index (χ1n) is 7.06. The summed E-state index contributed by atoms with van der Waals surface area (Å²) in [5.41, 5.74) is 6.97. The third kappa shape index (κ3) is 3.24. The van der Waals surface area contributed by atoms with Gasteiger partial charge in [-0.3, -0.25) is 0 Å². The third-order valence-corrected chi connectivity index (χ3v) is 5.49.